The van der Waals surface area contributed by atoms with E-state index in [-0.39, 0.29) is 5.78 Å². The first kappa shape index (κ1) is 12.2. The van der Waals surface area contributed by atoms with Gasteiger partial charge in [0.25, 0.3) is 0 Å². The summed E-state index contributed by atoms with van der Waals surface area (Å²) in [6, 6.07) is 8.41. The zero-order valence-corrected chi connectivity index (χ0v) is 11.4. The Morgan fingerprint density at radius 3 is 2.95 bits per heavy atom. The molecular formula is C16H18N2O. The van der Waals surface area contributed by atoms with Gasteiger partial charge in [0.2, 0.25) is 0 Å². The largest absolute Gasteiger partial charge is 0.294 e. The number of ketones is 1. The Balaban J connectivity index is 1.76. The van der Waals surface area contributed by atoms with Crippen molar-refractivity contribution >= 4 is 5.78 Å². The summed E-state index contributed by atoms with van der Waals surface area (Å²) in [5.74, 6) is 0.623. The molecule has 1 heterocycles. The fraction of sp³-hybridized carbons (Fsp3) is 0.375. The third-order valence-electron chi connectivity index (χ3n) is 3.93. The highest BCUT2D eigenvalue weighted by Crippen LogP contribution is 2.38. The molecule has 1 aliphatic carbocycles. The van der Waals surface area contributed by atoms with Crippen LogP contribution in [0, 0.1) is 0 Å². The molecule has 0 amide bonds. The molecule has 3 heteroatoms. The summed E-state index contributed by atoms with van der Waals surface area (Å²) in [6.45, 7) is 2.04. The quantitative estimate of drug-likeness (QED) is 0.786. The summed E-state index contributed by atoms with van der Waals surface area (Å²) in [4.78, 5) is 12.4. The van der Waals surface area contributed by atoms with Crippen molar-refractivity contribution in [1.29, 1.82) is 0 Å². The number of hydrogen-bond donors (Lipinski definition) is 0. The second kappa shape index (κ2) is 4.65. The van der Waals surface area contributed by atoms with E-state index >= 15 is 0 Å². The summed E-state index contributed by atoms with van der Waals surface area (Å²) in [5, 5.41) is 4.34. The fourth-order valence-corrected chi connectivity index (χ4v) is 2.91. The van der Waals surface area contributed by atoms with Gasteiger partial charge in [0.05, 0.1) is 11.3 Å². The Morgan fingerprint density at radius 2 is 2.21 bits per heavy atom. The van der Waals surface area contributed by atoms with E-state index in [0.29, 0.717) is 12.3 Å². The van der Waals surface area contributed by atoms with Crippen molar-refractivity contribution in [3.05, 3.63) is 52.8 Å². The number of aryl methyl sites for hydroxylation is 2. The molecule has 0 N–H and O–H groups in total. The van der Waals surface area contributed by atoms with Gasteiger partial charge in [0, 0.05) is 19.7 Å². The van der Waals surface area contributed by atoms with E-state index in [1.54, 1.807) is 4.68 Å². The number of fused-ring (bicyclic) bond motifs is 1. The Labute approximate surface area is 113 Å². The molecular weight excluding hydrogens is 236 g/mol. The molecule has 0 bridgehead atoms. The topological polar surface area (TPSA) is 34.9 Å². The average Bonchev–Trinajstić information content (AvgIpc) is 2.77. The Bertz CT molecular complexity index is 627. The van der Waals surface area contributed by atoms with Gasteiger partial charge in [-0.05, 0) is 29.9 Å². The van der Waals surface area contributed by atoms with Gasteiger partial charge in [0.15, 0.2) is 5.78 Å². The van der Waals surface area contributed by atoms with Gasteiger partial charge >= 0.3 is 0 Å². The van der Waals surface area contributed by atoms with E-state index in [0.717, 1.165) is 24.1 Å². The zero-order chi connectivity index (χ0) is 13.4. The minimum absolute atomic E-state index is 0.226. The highest BCUT2D eigenvalue weighted by Gasteiger charge is 2.28. The van der Waals surface area contributed by atoms with E-state index in [1.165, 1.54) is 11.1 Å². The number of rotatable bonds is 4. The predicted molar refractivity (Wildman–Crippen MR) is 74.4 cm³/mol. The molecule has 1 aromatic carbocycles. The van der Waals surface area contributed by atoms with Crippen molar-refractivity contribution in [2.75, 3.05) is 0 Å². The van der Waals surface area contributed by atoms with Crippen molar-refractivity contribution < 1.29 is 4.79 Å². The summed E-state index contributed by atoms with van der Waals surface area (Å²) >= 11 is 0. The summed E-state index contributed by atoms with van der Waals surface area (Å²) in [7, 11) is 1.87. The number of nitrogens with zero attached hydrogens (tertiary/aromatic N) is 2. The van der Waals surface area contributed by atoms with Crippen LogP contribution < -0.4 is 0 Å². The highest BCUT2D eigenvalue weighted by atomic mass is 16.1. The van der Waals surface area contributed by atoms with Gasteiger partial charge in [0.1, 0.15) is 0 Å². The lowest BCUT2D eigenvalue weighted by Gasteiger charge is -2.29. The van der Waals surface area contributed by atoms with Crippen molar-refractivity contribution in [2.45, 2.75) is 32.1 Å². The van der Waals surface area contributed by atoms with Crippen LogP contribution in [0.15, 0.2) is 30.5 Å². The van der Waals surface area contributed by atoms with Crippen molar-refractivity contribution in [1.82, 2.24) is 9.78 Å². The third kappa shape index (κ3) is 2.09. The molecule has 0 saturated heterocycles. The van der Waals surface area contributed by atoms with E-state index in [4.69, 9.17) is 0 Å². The van der Waals surface area contributed by atoms with Crippen LogP contribution in [0.2, 0.25) is 0 Å². The standard InChI is InChI=1S/C16H18N2O/c1-3-15-14(10-18(2)17-15)16(19)9-12-8-11-6-4-5-7-13(11)12/h4-7,10,12H,3,8-9H2,1-2H3. The van der Waals surface area contributed by atoms with Gasteiger partial charge in [-0.3, -0.25) is 9.48 Å². The lowest BCUT2D eigenvalue weighted by atomic mass is 9.74. The first-order valence-corrected chi connectivity index (χ1v) is 6.82. The summed E-state index contributed by atoms with van der Waals surface area (Å²) in [5.41, 5.74) is 4.45. The lowest BCUT2D eigenvalue weighted by Crippen LogP contribution is -2.20. The van der Waals surface area contributed by atoms with Crippen molar-refractivity contribution in [2.24, 2.45) is 7.05 Å². The average molecular weight is 254 g/mol. The van der Waals surface area contributed by atoms with Crippen LogP contribution in [-0.4, -0.2) is 15.6 Å². The van der Waals surface area contributed by atoms with Crippen molar-refractivity contribution in [3.8, 4) is 0 Å². The van der Waals surface area contributed by atoms with Crippen molar-refractivity contribution in [3.63, 3.8) is 0 Å². The maximum atomic E-state index is 12.4. The highest BCUT2D eigenvalue weighted by molar-refractivity contribution is 5.97. The van der Waals surface area contributed by atoms with E-state index in [1.807, 2.05) is 20.2 Å². The minimum Gasteiger partial charge on any atom is -0.294 e. The van der Waals surface area contributed by atoms with Crippen LogP contribution >= 0.6 is 0 Å². The van der Waals surface area contributed by atoms with Gasteiger partial charge in [-0.2, -0.15) is 5.10 Å². The SMILES string of the molecule is CCc1nn(C)cc1C(=O)CC1Cc2ccccc21. The molecule has 3 nitrogen and oxygen atoms in total. The summed E-state index contributed by atoms with van der Waals surface area (Å²) in [6.07, 6.45) is 4.30. The monoisotopic (exact) mass is 254 g/mol. The molecule has 0 aliphatic heterocycles. The first-order valence-electron chi connectivity index (χ1n) is 6.82. The molecule has 0 spiro atoms. The van der Waals surface area contributed by atoms with Gasteiger partial charge in [-0.1, -0.05) is 31.2 Å². The number of carbonyl (C=O) groups excluding carboxylic acids is 1. The van der Waals surface area contributed by atoms with Crippen LogP contribution in [0.3, 0.4) is 0 Å². The number of carbonyl (C=O) groups is 1. The molecule has 1 unspecified atom stereocenters. The molecule has 98 valence electrons. The Kier molecular flexibility index (Phi) is 2.97. The molecule has 2 aromatic rings. The van der Waals surface area contributed by atoms with Gasteiger partial charge in [-0.25, -0.2) is 0 Å². The molecule has 1 aliphatic rings. The van der Waals surface area contributed by atoms with Crippen LogP contribution in [-0.2, 0) is 19.9 Å². The van der Waals surface area contributed by atoms with Gasteiger partial charge in [-0.15, -0.1) is 0 Å². The van der Waals surface area contributed by atoms with Crippen LogP contribution in [0.5, 0.6) is 0 Å². The molecule has 3 rings (SSSR count). The van der Waals surface area contributed by atoms with Crippen LogP contribution in [0.1, 0.15) is 46.4 Å². The third-order valence-corrected chi connectivity index (χ3v) is 3.93. The smallest absolute Gasteiger partial charge is 0.166 e. The lowest BCUT2D eigenvalue weighted by molar-refractivity contribution is 0.0969. The number of Topliss-reactive ketones (excluding diaryl/α,β-unsaturated/α-hetero) is 1. The fourth-order valence-electron chi connectivity index (χ4n) is 2.91. The normalized spacial score (nSPS) is 16.8. The Morgan fingerprint density at radius 1 is 1.42 bits per heavy atom. The van der Waals surface area contributed by atoms with Gasteiger partial charge < -0.3 is 0 Å². The summed E-state index contributed by atoms with van der Waals surface area (Å²) < 4.78 is 1.74. The second-order valence-corrected chi connectivity index (χ2v) is 5.24. The molecule has 0 fully saturated rings. The predicted octanol–water partition coefficient (Wildman–Crippen LogP) is 2.90. The van der Waals surface area contributed by atoms with Crippen LogP contribution in [0.25, 0.3) is 0 Å². The van der Waals surface area contributed by atoms with E-state index in [9.17, 15) is 4.79 Å². The molecule has 1 atom stereocenters. The molecule has 1 aromatic heterocycles. The Hall–Kier alpha value is -1.90. The molecule has 0 radical (unpaired) electrons. The molecule has 0 saturated carbocycles. The van der Waals surface area contributed by atoms with Crippen LogP contribution in [0.4, 0.5) is 0 Å². The maximum absolute atomic E-state index is 12.4. The zero-order valence-electron chi connectivity index (χ0n) is 11.4. The maximum Gasteiger partial charge on any atom is 0.166 e. The second-order valence-electron chi connectivity index (χ2n) is 5.24. The number of aromatic nitrogens is 2. The number of benzene rings is 1. The number of hydrogen-bond acceptors (Lipinski definition) is 2. The van der Waals surface area contributed by atoms with E-state index < -0.39 is 0 Å². The molecule has 19 heavy (non-hydrogen) atoms. The minimum atomic E-state index is 0.226. The van der Waals surface area contributed by atoms with E-state index in [2.05, 4.69) is 29.4 Å². The first-order chi connectivity index (χ1) is 9.19.